The third kappa shape index (κ3) is 9.98. The molecular formula is C47H54N8O6S3. The van der Waals surface area contributed by atoms with Gasteiger partial charge in [0.1, 0.15) is 23.7 Å². The summed E-state index contributed by atoms with van der Waals surface area (Å²) in [6, 6.07) is 25.4. The lowest BCUT2D eigenvalue weighted by Crippen LogP contribution is -2.48. The van der Waals surface area contributed by atoms with Crippen LogP contribution in [-0.4, -0.2) is 118 Å². The van der Waals surface area contributed by atoms with Gasteiger partial charge in [-0.25, -0.2) is 18.4 Å². The molecule has 0 bridgehead atoms. The molecule has 336 valence electrons. The van der Waals surface area contributed by atoms with Gasteiger partial charge in [-0.2, -0.15) is 4.31 Å². The van der Waals surface area contributed by atoms with Crippen molar-refractivity contribution in [3.63, 3.8) is 0 Å². The Hall–Kier alpha value is -5.33. The van der Waals surface area contributed by atoms with Crippen molar-refractivity contribution < 1.29 is 27.5 Å². The number of nitrogens with one attached hydrogen (secondary N) is 3. The number of hydrogen-bond acceptors (Lipinski definition) is 13. The molecule has 4 saturated heterocycles. The minimum absolute atomic E-state index is 0.0420. The summed E-state index contributed by atoms with van der Waals surface area (Å²) in [6.45, 7) is 11.9. The molecule has 4 aliphatic rings. The molecular weight excluding hydrogens is 869 g/mol. The van der Waals surface area contributed by atoms with Crippen LogP contribution in [0.1, 0.15) is 26.7 Å². The summed E-state index contributed by atoms with van der Waals surface area (Å²) in [5.74, 6) is 2.18. The third-order valence-corrected chi connectivity index (χ3v) is 15.7. The number of carbonyl (C=O) groups is 2. The number of ether oxygens (including phenoxy) is 2. The number of sulfonamides is 1. The van der Waals surface area contributed by atoms with Crippen molar-refractivity contribution in [3.8, 4) is 33.8 Å². The molecule has 4 atom stereocenters. The van der Waals surface area contributed by atoms with Crippen molar-refractivity contribution in [2.75, 3.05) is 81.5 Å². The first kappa shape index (κ1) is 43.9. The Labute approximate surface area is 382 Å². The largest absolute Gasteiger partial charge is 0.489 e. The van der Waals surface area contributed by atoms with Gasteiger partial charge in [0.2, 0.25) is 21.8 Å². The molecule has 6 aromatic rings. The summed E-state index contributed by atoms with van der Waals surface area (Å²) in [5.41, 5.74) is 12.2. The minimum atomic E-state index is -3.14. The molecule has 4 fully saturated rings. The number of nitrogens with zero attached hydrogens (tertiary/aromatic N) is 5. The Morgan fingerprint density at radius 1 is 0.625 bits per heavy atom. The summed E-state index contributed by atoms with van der Waals surface area (Å²) in [7, 11) is -3.14. The van der Waals surface area contributed by atoms with Crippen molar-refractivity contribution in [2.24, 2.45) is 11.8 Å². The number of thiazole rings is 2. The van der Waals surface area contributed by atoms with Crippen LogP contribution < -0.4 is 35.2 Å². The molecule has 0 radical (unpaired) electrons. The fourth-order valence-electron chi connectivity index (χ4n) is 8.83. The lowest BCUT2D eigenvalue weighted by molar-refractivity contribution is -0.120. The summed E-state index contributed by atoms with van der Waals surface area (Å²) < 4.78 is 39.8. The topological polar surface area (TPSA) is 158 Å². The summed E-state index contributed by atoms with van der Waals surface area (Å²) in [4.78, 5) is 36.9. The molecule has 14 nitrogen and oxygen atoms in total. The van der Waals surface area contributed by atoms with Crippen LogP contribution in [0.25, 0.3) is 42.7 Å². The number of carbonyl (C=O) groups excluding carboxylic acids is 2. The van der Waals surface area contributed by atoms with Crippen LogP contribution in [0.5, 0.6) is 11.5 Å². The zero-order valence-corrected chi connectivity index (χ0v) is 38.7. The maximum absolute atomic E-state index is 11.8. The summed E-state index contributed by atoms with van der Waals surface area (Å²) in [6.07, 6.45) is 2.15. The molecule has 0 saturated carbocycles. The van der Waals surface area contributed by atoms with Gasteiger partial charge in [-0.3, -0.25) is 9.59 Å². The van der Waals surface area contributed by atoms with Crippen LogP contribution in [0.3, 0.4) is 0 Å². The number of rotatable bonds is 11. The van der Waals surface area contributed by atoms with E-state index in [1.165, 1.54) is 16.2 Å². The van der Waals surface area contributed by atoms with Gasteiger partial charge in [-0.1, -0.05) is 24.3 Å². The number of hydrogen-bond donors (Lipinski definition) is 3. The van der Waals surface area contributed by atoms with Crippen molar-refractivity contribution in [3.05, 3.63) is 83.8 Å². The zero-order valence-electron chi connectivity index (χ0n) is 36.3. The van der Waals surface area contributed by atoms with Gasteiger partial charge in [-0.15, -0.1) is 22.7 Å². The van der Waals surface area contributed by atoms with Crippen molar-refractivity contribution in [2.45, 2.75) is 38.9 Å². The monoisotopic (exact) mass is 922 g/mol. The average Bonchev–Trinajstić information content (AvgIpc) is 4.15. The standard InChI is InChI=1S/C24H28N4O4S2.C23H26N4O2S/c1-16(19-13-23(29)25-14-19)32-22-12-18(11-21-24(22)33-15-26-21)17-3-5-20(6-4-17)27-7-9-28(10-8-27)34(2,30)31;1-15(18-12-22(28)25-13-18)29-21-11-17(10-20-23(21)30-14-26-20)16-2-4-19(5-3-16)27-8-6-24-7-9-27/h3-6,11-12,15-16,19H,7-10,13-14H2,1-2H3,(H,25,29);2-5,10-11,14-15,18,24H,6-9,12-13H2,1H3,(H,25,28)/t16-,19-;15-,18-/m11/s1. The van der Waals surface area contributed by atoms with Crippen LogP contribution in [0.15, 0.2) is 83.8 Å². The maximum atomic E-state index is 11.8. The number of fused-ring (bicyclic) bond motifs is 2. The van der Waals surface area contributed by atoms with Crippen LogP contribution in [0.4, 0.5) is 11.4 Å². The van der Waals surface area contributed by atoms with E-state index >= 15 is 0 Å². The Morgan fingerprint density at radius 2 is 1.06 bits per heavy atom. The first-order valence-corrected chi connectivity index (χ1v) is 25.5. The summed E-state index contributed by atoms with van der Waals surface area (Å²) >= 11 is 3.15. The number of aromatic nitrogens is 2. The molecule has 4 aromatic carbocycles. The number of amides is 2. The van der Waals surface area contributed by atoms with Gasteiger partial charge in [0.15, 0.2) is 0 Å². The van der Waals surface area contributed by atoms with Crippen molar-refractivity contribution in [1.82, 2.24) is 30.2 Å². The van der Waals surface area contributed by atoms with Gasteiger partial charge in [-0.05, 0) is 84.6 Å². The molecule has 3 N–H and O–H groups in total. The smallest absolute Gasteiger partial charge is 0.220 e. The van der Waals surface area contributed by atoms with Gasteiger partial charge in [0, 0.05) is 101 Å². The highest BCUT2D eigenvalue weighted by molar-refractivity contribution is 7.88. The zero-order chi connectivity index (χ0) is 44.4. The van der Waals surface area contributed by atoms with E-state index in [2.05, 4.69) is 109 Å². The Morgan fingerprint density at radius 3 is 1.47 bits per heavy atom. The number of piperazine rings is 2. The average molecular weight is 923 g/mol. The molecule has 0 aliphatic carbocycles. The summed E-state index contributed by atoms with van der Waals surface area (Å²) in [5, 5.41) is 9.18. The Bertz CT molecular complexity index is 2710. The first-order valence-electron chi connectivity index (χ1n) is 21.9. The van der Waals surface area contributed by atoms with E-state index in [1.807, 2.05) is 24.9 Å². The van der Waals surface area contributed by atoms with Crippen molar-refractivity contribution >= 4 is 76.3 Å². The van der Waals surface area contributed by atoms with Gasteiger partial charge >= 0.3 is 0 Å². The Kier molecular flexibility index (Phi) is 13.0. The van der Waals surface area contributed by atoms with E-state index in [0.29, 0.717) is 52.1 Å². The fraction of sp³-hybridized carbons (Fsp3) is 0.404. The first-order chi connectivity index (χ1) is 30.9. The van der Waals surface area contributed by atoms with E-state index in [1.54, 1.807) is 22.7 Å². The number of benzene rings is 4. The highest BCUT2D eigenvalue weighted by Crippen LogP contribution is 2.38. The quantitative estimate of drug-likeness (QED) is 0.136. The second kappa shape index (κ2) is 19.0. The van der Waals surface area contributed by atoms with Crippen LogP contribution in [-0.2, 0) is 19.6 Å². The van der Waals surface area contributed by atoms with Crippen LogP contribution in [0, 0.1) is 11.8 Å². The van der Waals surface area contributed by atoms with E-state index < -0.39 is 10.0 Å². The normalized spacial score (nSPS) is 20.4. The second-order valence-electron chi connectivity index (χ2n) is 17.0. The van der Waals surface area contributed by atoms with E-state index in [9.17, 15) is 18.0 Å². The molecule has 10 rings (SSSR count). The van der Waals surface area contributed by atoms with Gasteiger partial charge in [0.05, 0.1) is 37.7 Å². The highest BCUT2D eigenvalue weighted by Gasteiger charge is 2.30. The molecule has 17 heteroatoms. The fourth-order valence-corrected chi connectivity index (χ4v) is 11.1. The molecule has 0 unspecified atom stereocenters. The van der Waals surface area contributed by atoms with E-state index in [4.69, 9.17) is 9.47 Å². The van der Waals surface area contributed by atoms with Crippen LogP contribution in [0.2, 0.25) is 0 Å². The highest BCUT2D eigenvalue weighted by atomic mass is 32.2. The van der Waals surface area contributed by atoms with E-state index in [-0.39, 0.29) is 35.9 Å². The molecule has 64 heavy (non-hydrogen) atoms. The Balaban J connectivity index is 0.000000163. The van der Waals surface area contributed by atoms with Gasteiger partial charge < -0.3 is 35.2 Å². The molecule has 2 aromatic heterocycles. The van der Waals surface area contributed by atoms with Crippen LogP contribution >= 0.6 is 22.7 Å². The SMILES string of the molecule is C[C@@H](Oc1cc(-c2ccc(N3CCN(S(C)(=O)=O)CC3)cc2)cc2ncsc12)[C@H]1CNC(=O)C1.C[C@@H](Oc1cc(-c2ccc(N3CCNCC3)cc2)cc2ncsc12)[C@H]1CNC(=O)C1. The lowest BCUT2D eigenvalue weighted by Gasteiger charge is -2.34. The van der Waals surface area contributed by atoms with Crippen molar-refractivity contribution in [1.29, 1.82) is 0 Å². The second-order valence-corrected chi connectivity index (χ2v) is 20.7. The third-order valence-electron chi connectivity index (χ3n) is 12.7. The molecule has 6 heterocycles. The predicted molar refractivity (Wildman–Crippen MR) is 256 cm³/mol. The lowest BCUT2D eigenvalue weighted by atomic mass is 10.0. The molecule has 2 amide bonds. The van der Waals surface area contributed by atoms with E-state index in [0.717, 1.165) is 86.1 Å². The predicted octanol–water partition coefficient (Wildman–Crippen LogP) is 6.22. The molecule has 0 spiro atoms. The minimum Gasteiger partial charge on any atom is -0.489 e. The maximum Gasteiger partial charge on any atom is 0.220 e. The molecule has 4 aliphatic heterocycles. The number of anilines is 2. The van der Waals surface area contributed by atoms with Gasteiger partial charge in [0.25, 0.3) is 0 Å².